The van der Waals surface area contributed by atoms with Crippen LogP contribution >= 0.6 is 23.2 Å². The predicted molar refractivity (Wildman–Crippen MR) is 96.9 cm³/mol. The van der Waals surface area contributed by atoms with Gasteiger partial charge >= 0.3 is 0 Å². The summed E-state index contributed by atoms with van der Waals surface area (Å²) in [7, 11) is 0. The fourth-order valence-corrected chi connectivity index (χ4v) is 2.93. The van der Waals surface area contributed by atoms with Crippen LogP contribution < -0.4 is 5.73 Å². The van der Waals surface area contributed by atoms with E-state index in [1.165, 1.54) is 5.39 Å². The number of nitrogens with zero attached hydrogens (tertiary/aromatic N) is 2. The number of anilines is 1. The summed E-state index contributed by atoms with van der Waals surface area (Å²) in [5, 5.41) is 3.17. The van der Waals surface area contributed by atoms with Crippen LogP contribution in [0.15, 0.2) is 54.6 Å². The lowest BCUT2D eigenvalue weighted by molar-refractivity contribution is 1.30. The number of rotatable bonds is 1. The third-order valence-corrected chi connectivity index (χ3v) is 4.48. The van der Waals surface area contributed by atoms with Crippen molar-refractivity contribution in [3.63, 3.8) is 0 Å². The van der Waals surface area contributed by atoms with Crippen LogP contribution in [0.1, 0.15) is 0 Å². The standard InChI is InChI=1S/C18H11Cl2N3/c19-13-8-15-16(9-14(13)20)23-18(21)17(22-15)12-6-5-10-3-1-2-4-11(10)7-12/h1-9H,(H2,21,23). The van der Waals surface area contributed by atoms with Gasteiger partial charge in [-0.05, 0) is 29.0 Å². The first-order valence-corrected chi connectivity index (χ1v) is 7.79. The van der Waals surface area contributed by atoms with Crippen LogP contribution in [0.5, 0.6) is 0 Å². The van der Waals surface area contributed by atoms with Crippen molar-refractivity contribution < 1.29 is 0 Å². The molecule has 1 heterocycles. The molecule has 4 rings (SSSR count). The molecule has 0 aliphatic rings. The molecular weight excluding hydrogens is 329 g/mol. The summed E-state index contributed by atoms with van der Waals surface area (Å²) in [4.78, 5) is 9.03. The second-order valence-electron chi connectivity index (χ2n) is 5.27. The summed E-state index contributed by atoms with van der Waals surface area (Å²) >= 11 is 12.1. The molecule has 0 saturated carbocycles. The average Bonchev–Trinajstić information content (AvgIpc) is 2.55. The van der Waals surface area contributed by atoms with Crippen LogP contribution in [0, 0.1) is 0 Å². The van der Waals surface area contributed by atoms with E-state index < -0.39 is 0 Å². The molecule has 4 aromatic rings. The second kappa shape index (κ2) is 5.37. The van der Waals surface area contributed by atoms with E-state index in [4.69, 9.17) is 28.9 Å². The topological polar surface area (TPSA) is 51.8 Å². The van der Waals surface area contributed by atoms with E-state index in [2.05, 4.69) is 28.2 Å². The molecule has 0 atom stereocenters. The first kappa shape index (κ1) is 14.2. The zero-order valence-corrected chi connectivity index (χ0v) is 13.4. The quantitative estimate of drug-likeness (QED) is 0.509. The second-order valence-corrected chi connectivity index (χ2v) is 6.09. The van der Waals surface area contributed by atoms with Gasteiger partial charge in [-0.1, -0.05) is 59.6 Å². The summed E-state index contributed by atoms with van der Waals surface area (Å²) in [6.07, 6.45) is 0. The molecule has 0 fully saturated rings. The Labute approximate surface area is 142 Å². The van der Waals surface area contributed by atoms with Crippen LogP contribution in [-0.2, 0) is 0 Å². The van der Waals surface area contributed by atoms with Crippen molar-refractivity contribution in [2.24, 2.45) is 0 Å². The summed E-state index contributed by atoms with van der Waals surface area (Å²) in [5.74, 6) is 0.367. The molecule has 23 heavy (non-hydrogen) atoms. The molecule has 5 heteroatoms. The molecule has 0 unspecified atom stereocenters. The Hall–Kier alpha value is -2.36. The summed E-state index contributed by atoms with van der Waals surface area (Å²) in [5.41, 5.74) is 8.95. The van der Waals surface area contributed by atoms with E-state index in [-0.39, 0.29) is 0 Å². The maximum Gasteiger partial charge on any atom is 0.150 e. The largest absolute Gasteiger partial charge is 0.382 e. The van der Waals surface area contributed by atoms with E-state index >= 15 is 0 Å². The number of aromatic nitrogens is 2. The highest BCUT2D eigenvalue weighted by atomic mass is 35.5. The van der Waals surface area contributed by atoms with E-state index in [9.17, 15) is 0 Å². The van der Waals surface area contributed by atoms with Crippen molar-refractivity contribution in [2.45, 2.75) is 0 Å². The van der Waals surface area contributed by atoms with Gasteiger partial charge in [0.05, 0.1) is 21.1 Å². The molecule has 0 spiro atoms. The van der Waals surface area contributed by atoms with Crippen molar-refractivity contribution in [3.05, 3.63) is 64.6 Å². The monoisotopic (exact) mass is 339 g/mol. The molecule has 0 saturated heterocycles. The lowest BCUT2D eigenvalue weighted by atomic mass is 10.0. The van der Waals surface area contributed by atoms with Gasteiger partial charge < -0.3 is 5.73 Å². The Balaban J connectivity index is 1.95. The normalized spacial score (nSPS) is 11.2. The fourth-order valence-electron chi connectivity index (χ4n) is 2.61. The zero-order valence-electron chi connectivity index (χ0n) is 11.9. The molecule has 0 radical (unpaired) electrons. The highest BCUT2D eigenvalue weighted by Gasteiger charge is 2.11. The number of hydrogen-bond acceptors (Lipinski definition) is 3. The molecule has 3 aromatic carbocycles. The molecule has 2 N–H and O–H groups in total. The van der Waals surface area contributed by atoms with Gasteiger partial charge in [0.15, 0.2) is 5.82 Å². The Bertz CT molecular complexity index is 1060. The Morgan fingerprint density at radius 2 is 1.39 bits per heavy atom. The summed E-state index contributed by atoms with van der Waals surface area (Å²) in [6, 6.07) is 17.6. The Morgan fingerprint density at radius 3 is 2.13 bits per heavy atom. The van der Waals surface area contributed by atoms with E-state index in [1.807, 2.05) is 24.3 Å². The minimum absolute atomic E-state index is 0.367. The third kappa shape index (κ3) is 2.48. The molecular formula is C18H11Cl2N3. The van der Waals surface area contributed by atoms with Gasteiger partial charge in [0.1, 0.15) is 5.69 Å². The van der Waals surface area contributed by atoms with Crippen molar-refractivity contribution in [1.29, 1.82) is 0 Å². The zero-order chi connectivity index (χ0) is 16.0. The fraction of sp³-hybridized carbons (Fsp3) is 0. The lowest BCUT2D eigenvalue weighted by Gasteiger charge is -2.08. The SMILES string of the molecule is Nc1nc2cc(Cl)c(Cl)cc2nc1-c1ccc2ccccc2c1. The molecule has 3 nitrogen and oxygen atoms in total. The van der Waals surface area contributed by atoms with Gasteiger partial charge in [-0.3, -0.25) is 0 Å². The maximum absolute atomic E-state index is 6.10. The van der Waals surface area contributed by atoms with Gasteiger partial charge in [0.25, 0.3) is 0 Å². The van der Waals surface area contributed by atoms with Crippen LogP contribution in [0.25, 0.3) is 33.1 Å². The molecule has 0 aliphatic carbocycles. The first-order chi connectivity index (χ1) is 11.1. The van der Waals surface area contributed by atoms with Crippen LogP contribution in [0.3, 0.4) is 0 Å². The number of nitrogen functional groups attached to an aromatic ring is 1. The van der Waals surface area contributed by atoms with E-state index in [1.54, 1.807) is 12.1 Å². The lowest BCUT2D eigenvalue weighted by Crippen LogP contribution is -1.98. The van der Waals surface area contributed by atoms with Crippen LogP contribution in [0.2, 0.25) is 10.0 Å². The van der Waals surface area contributed by atoms with Gasteiger partial charge in [0.2, 0.25) is 0 Å². The van der Waals surface area contributed by atoms with Gasteiger partial charge in [0, 0.05) is 5.56 Å². The predicted octanol–water partition coefficient (Wildman–Crippen LogP) is 5.34. The highest BCUT2D eigenvalue weighted by molar-refractivity contribution is 6.42. The number of halogens is 2. The summed E-state index contributed by atoms with van der Waals surface area (Å²) in [6.45, 7) is 0. The van der Waals surface area contributed by atoms with Crippen LogP contribution in [-0.4, -0.2) is 9.97 Å². The van der Waals surface area contributed by atoms with Crippen LogP contribution in [0.4, 0.5) is 5.82 Å². The Kier molecular flexibility index (Phi) is 3.33. The first-order valence-electron chi connectivity index (χ1n) is 7.03. The Morgan fingerprint density at radius 1 is 0.739 bits per heavy atom. The summed E-state index contributed by atoms with van der Waals surface area (Å²) < 4.78 is 0. The van der Waals surface area contributed by atoms with Crippen molar-refractivity contribution in [2.75, 3.05) is 5.73 Å². The van der Waals surface area contributed by atoms with Crippen molar-refractivity contribution in [3.8, 4) is 11.3 Å². The number of benzene rings is 3. The van der Waals surface area contributed by atoms with Gasteiger partial charge in [-0.15, -0.1) is 0 Å². The van der Waals surface area contributed by atoms with Gasteiger partial charge in [-0.2, -0.15) is 0 Å². The number of fused-ring (bicyclic) bond motifs is 2. The highest BCUT2D eigenvalue weighted by Crippen LogP contribution is 2.31. The third-order valence-electron chi connectivity index (χ3n) is 3.76. The molecule has 0 aliphatic heterocycles. The molecule has 0 bridgehead atoms. The van der Waals surface area contributed by atoms with Crippen molar-refractivity contribution >= 4 is 50.8 Å². The average molecular weight is 340 g/mol. The van der Waals surface area contributed by atoms with E-state index in [0.29, 0.717) is 32.6 Å². The van der Waals surface area contributed by atoms with E-state index in [0.717, 1.165) is 10.9 Å². The number of hydrogen-bond donors (Lipinski definition) is 1. The molecule has 0 amide bonds. The smallest absolute Gasteiger partial charge is 0.150 e. The maximum atomic E-state index is 6.10. The molecule has 1 aromatic heterocycles. The number of nitrogens with two attached hydrogens (primary N) is 1. The minimum Gasteiger partial charge on any atom is -0.382 e. The van der Waals surface area contributed by atoms with Gasteiger partial charge in [-0.25, -0.2) is 9.97 Å². The molecule has 112 valence electrons. The minimum atomic E-state index is 0.367. The van der Waals surface area contributed by atoms with Crippen molar-refractivity contribution in [1.82, 2.24) is 9.97 Å².